The standard InChI is InChI=1S/C22H29N3O4S/c1-22(2,3)29-21(27)24-17-7-4-6-16(14-17)20(26)23-15-18(19-8-5-13-30-19)25-9-11-28-12-10-25/h4-8,13-14,18H,9-12,15H2,1-3H3,(H,23,26)(H,24,27). The van der Waals surface area contributed by atoms with Crippen molar-refractivity contribution < 1.29 is 19.1 Å². The molecule has 1 atom stereocenters. The van der Waals surface area contributed by atoms with Gasteiger partial charge in [0.15, 0.2) is 0 Å². The van der Waals surface area contributed by atoms with Crippen molar-refractivity contribution >= 4 is 29.0 Å². The summed E-state index contributed by atoms with van der Waals surface area (Å²) in [6, 6.07) is 11.1. The van der Waals surface area contributed by atoms with E-state index in [-0.39, 0.29) is 11.9 Å². The SMILES string of the molecule is CC(C)(C)OC(=O)Nc1cccc(C(=O)NCC(c2cccs2)N2CCOCC2)c1. The molecule has 1 fully saturated rings. The molecule has 1 saturated heterocycles. The second-order valence-corrected chi connectivity index (χ2v) is 9.08. The van der Waals surface area contributed by atoms with E-state index in [0.717, 1.165) is 13.1 Å². The molecule has 0 bridgehead atoms. The molecule has 0 radical (unpaired) electrons. The Hall–Kier alpha value is -2.42. The highest BCUT2D eigenvalue weighted by Gasteiger charge is 2.24. The maximum atomic E-state index is 12.8. The fourth-order valence-corrected chi connectivity index (χ4v) is 4.09. The second kappa shape index (κ2) is 10.1. The molecule has 1 unspecified atom stereocenters. The van der Waals surface area contributed by atoms with Crippen LogP contribution < -0.4 is 10.6 Å². The minimum absolute atomic E-state index is 0.112. The van der Waals surface area contributed by atoms with E-state index in [9.17, 15) is 9.59 Å². The summed E-state index contributed by atoms with van der Waals surface area (Å²) in [4.78, 5) is 28.3. The van der Waals surface area contributed by atoms with Crippen molar-refractivity contribution in [2.24, 2.45) is 0 Å². The number of hydrogen-bond acceptors (Lipinski definition) is 6. The Morgan fingerprint density at radius 3 is 2.63 bits per heavy atom. The van der Waals surface area contributed by atoms with Gasteiger partial charge in [0.2, 0.25) is 0 Å². The quantitative estimate of drug-likeness (QED) is 0.725. The predicted molar refractivity (Wildman–Crippen MR) is 118 cm³/mol. The highest BCUT2D eigenvalue weighted by Crippen LogP contribution is 2.25. The van der Waals surface area contributed by atoms with Crippen LogP contribution in [0.2, 0.25) is 0 Å². The Bertz CT molecular complexity index is 842. The first-order valence-electron chi connectivity index (χ1n) is 10.1. The number of ether oxygens (including phenoxy) is 2. The normalized spacial score (nSPS) is 16.0. The van der Waals surface area contributed by atoms with Gasteiger partial charge in [-0.05, 0) is 50.4 Å². The van der Waals surface area contributed by atoms with Crippen LogP contribution in [0.25, 0.3) is 0 Å². The van der Waals surface area contributed by atoms with Gasteiger partial charge in [0.1, 0.15) is 5.60 Å². The molecule has 0 spiro atoms. The Labute approximate surface area is 181 Å². The zero-order valence-corrected chi connectivity index (χ0v) is 18.5. The van der Waals surface area contributed by atoms with Gasteiger partial charge in [-0.15, -0.1) is 11.3 Å². The fraction of sp³-hybridized carbons (Fsp3) is 0.455. The average molecular weight is 432 g/mol. The Balaban J connectivity index is 1.62. The van der Waals surface area contributed by atoms with E-state index >= 15 is 0 Å². The zero-order valence-electron chi connectivity index (χ0n) is 17.6. The molecule has 7 nitrogen and oxygen atoms in total. The first kappa shape index (κ1) is 22.3. The second-order valence-electron chi connectivity index (χ2n) is 8.10. The number of nitrogens with zero attached hydrogens (tertiary/aromatic N) is 1. The van der Waals surface area contributed by atoms with Crippen LogP contribution in [0.4, 0.5) is 10.5 Å². The van der Waals surface area contributed by atoms with Gasteiger partial charge < -0.3 is 14.8 Å². The number of carbonyl (C=O) groups excluding carboxylic acids is 2. The highest BCUT2D eigenvalue weighted by molar-refractivity contribution is 7.10. The van der Waals surface area contributed by atoms with Crippen LogP contribution in [0.5, 0.6) is 0 Å². The van der Waals surface area contributed by atoms with Crippen LogP contribution in [0, 0.1) is 0 Å². The van der Waals surface area contributed by atoms with Gasteiger partial charge in [-0.3, -0.25) is 15.0 Å². The molecule has 162 valence electrons. The van der Waals surface area contributed by atoms with Gasteiger partial charge in [-0.2, -0.15) is 0 Å². The van der Waals surface area contributed by atoms with E-state index in [1.807, 2.05) is 6.07 Å². The maximum Gasteiger partial charge on any atom is 0.412 e. The average Bonchev–Trinajstić information content (AvgIpc) is 3.22. The van der Waals surface area contributed by atoms with Crippen molar-refractivity contribution in [1.82, 2.24) is 10.2 Å². The third-order valence-electron chi connectivity index (χ3n) is 4.58. The summed E-state index contributed by atoms with van der Waals surface area (Å²) < 4.78 is 10.7. The molecule has 2 amide bonds. The van der Waals surface area contributed by atoms with Crippen LogP contribution in [-0.2, 0) is 9.47 Å². The third-order valence-corrected chi connectivity index (χ3v) is 5.56. The summed E-state index contributed by atoms with van der Waals surface area (Å²) >= 11 is 1.69. The molecule has 8 heteroatoms. The molecule has 0 saturated carbocycles. The minimum atomic E-state index is -0.588. The van der Waals surface area contributed by atoms with Gasteiger partial charge in [0.25, 0.3) is 5.91 Å². The largest absolute Gasteiger partial charge is 0.444 e. The number of anilines is 1. The van der Waals surface area contributed by atoms with Gasteiger partial charge in [-0.1, -0.05) is 12.1 Å². The lowest BCUT2D eigenvalue weighted by Gasteiger charge is -2.34. The molecule has 30 heavy (non-hydrogen) atoms. The first-order valence-corrected chi connectivity index (χ1v) is 10.9. The van der Waals surface area contributed by atoms with Crippen molar-refractivity contribution in [3.8, 4) is 0 Å². The zero-order chi connectivity index (χ0) is 21.6. The number of carbonyl (C=O) groups is 2. The lowest BCUT2D eigenvalue weighted by atomic mass is 10.1. The van der Waals surface area contributed by atoms with Crippen LogP contribution in [0.15, 0.2) is 41.8 Å². The molecule has 3 rings (SSSR count). The van der Waals surface area contributed by atoms with E-state index in [0.29, 0.717) is 31.0 Å². The van der Waals surface area contributed by atoms with E-state index in [4.69, 9.17) is 9.47 Å². The minimum Gasteiger partial charge on any atom is -0.444 e. The number of amides is 2. The topological polar surface area (TPSA) is 79.9 Å². The van der Waals surface area contributed by atoms with Crippen molar-refractivity contribution in [1.29, 1.82) is 0 Å². The van der Waals surface area contributed by atoms with E-state index in [1.165, 1.54) is 4.88 Å². The summed E-state index contributed by atoms with van der Waals surface area (Å²) in [5.41, 5.74) is 0.408. The van der Waals surface area contributed by atoms with E-state index in [1.54, 1.807) is 56.4 Å². The van der Waals surface area contributed by atoms with Crippen LogP contribution in [0.3, 0.4) is 0 Å². The number of thiophene rings is 1. The van der Waals surface area contributed by atoms with Crippen LogP contribution in [0.1, 0.15) is 42.0 Å². The molecule has 0 aliphatic carbocycles. The monoisotopic (exact) mass is 431 g/mol. The lowest BCUT2D eigenvalue weighted by Crippen LogP contribution is -2.43. The summed E-state index contributed by atoms with van der Waals surface area (Å²) in [5.74, 6) is -0.183. The van der Waals surface area contributed by atoms with Gasteiger partial charge in [0.05, 0.1) is 19.3 Å². The molecule has 1 aromatic heterocycles. The Morgan fingerprint density at radius 2 is 1.97 bits per heavy atom. The molecule has 2 aromatic rings. The maximum absolute atomic E-state index is 12.8. The highest BCUT2D eigenvalue weighted by atomic mass is 32.1. The molecule has 1 aromatic carbocycles. The predicted octanol–water partition coefficient (Wildman–Crippen LogP) is 3.90. The van der Waals surface area contributed by atoms with Gasteiger partial charge in [0, 0.05) is 35.8 Å². The van der Waals surface area contributed by atoms with Crippen molar-refractivity contribution in [3.05, 3.63) is 52.2 Å². The van der Waals surface area contributed by atoms with Crippen LogP contribution in [-0.4, -0.2) is 55.3 Å². The third kappa shape index (κ3) is 6.55. The van der Waals surface area contributed by atoms with E-state index in [2.05, 4.69) is 27.0 Å². The Morgan fingerprint density at radius 1 is 1.20 bits per heavy atom. The van der Waals surface area contributed by atoms with Crippen molar-refractivity contribution in [2.45, 2.75) is 32.4 Å². The summed E-state index contributed by atoms with van der Waals surface area (Å²) in [6.45, 7) is 8.99. The van der Waals surface area contributed by atoms with Crippen LogP contribution >= 0.6 is 11.3 Å². The summed E-state index contributed by atoms with van der Waals surface area (Å²) in [5, 5.41) is 7.77. The van der Waals surface area contributed by atoms with Crippen molar-refractivity contribution in [2.75, 3.05) is 38.2 Å². The molecule has 2 heterocycles. The molecule has 1 aliphatic rings. The van der Waals surface area contributed by atoms with Gasteiger partial charge >= 0.3 is 6.09 Å². The number of benzene rings is 1. The molecular weight excluding hydrogens is 402 g/mol. The number of nitrogens with one attached hydrogen (secondary N) is 2. The van der Waals surface area contributed by atoms with Gasteiger partial charge in [-0.25, -0.2) is 4.79 Å². The lowest BCUT2D eigenvalue weighted by molar-refractivity contribution is 0.0169. The summed E-state index contributed by atoms with van der Waals surface area (Å²) in [7, 11) is 0. The fourth-order valence-electron chi connectivity index (χ4n) is 3.23. The smallest absolute Gasteiger partial charge is 0.412 e. The summed E-state index contributed by atoms with van der Waals surface area (Å²) in [6.07, 6.45) is -0.551. The first-order chi connectivity index (χ1) is 14.3. The molecule has 2 N–H and O–H groups in total. The van der Waals surface area contributed by atoms with E-state index < -0.39 is 11.7 Å². The Kier molecular flexibility index (Phi) is 7.47. The number of morpholine rings is 1. The van der Waals surface area contributed by atoms with Crippen molar-refractivity contribution in [3.63, 3.8) is 0 Å². The number of rotatable bonds is 6. The number of hydrogen-bond donors (Lipinski definition) is 2. The molecular formula is C22H29N3O4S. The molecule has 1 aliphatic heterocycles.